The van der Waals surface area contributed by atoms with Crippen molar-refractivity contribution in [1.29, 1.82) is 0 Å². The molecule has 0 bridgehead atoms. The first-order chi connectivity index (χ1) is 9.67. The highest BCUT2D eigenvalue weighted by atomic mass is 19.1. The van der Waals surface area contributed by atoms with Crippen molar-refractivity contribution in [3.8, 4) is 5.88 Å². The van der Waals surface area contributed by atoms with Crippen LogP contribution in [0.1, 0.15) is 24.2 Å². The van der Waals surface area contributed by atoms with Gasteiger partial charge >= 0.3 is 0 Å². The second-order valence-corrected chi connectivity index (χ2v) is 4.11. The van der Waals surface area contributed by atoms with Crippen LogP contribution in [0.15, 0.2) is 30.6 Å². The Morgan fingerprint density at radius 1 is 1.25 bits per heavy atom. The average Bonchev–Trinajstić information content (AvgIpc) is 2.45. The minimum Gasteiger partial charge on any atom is -0.480 e. The van der Waals surface area contributed by atoms with Crippen LogP contribution in [0.25, 0.3) is 0 Å². The molecule has 4 nitrogen and oxygen atoms in total. The van der Waals surface area contributed by atoms with E-state index in [9.17, 15) is 8.78 Å². The summed E-state index contributed by atoms with van der Waals surface area (Å²) >= 11 is 0. The molecule has 1 aromatic heterocycles. The number of benzene rings is 1. The molecule has 6 heteroatoms. The van der Waals surface area contributed by atoms with Crippen LogP contribution in [0.3, 0.4) is 0 Å². The molecule has 0 radical (unpaired) electrons. The molecule has 20 heavy (non-hydrogen) atoms. The second-order valence-electron chi connectivity index (χ2n) is 4.11. The van der Waals surface area contributed by atoms with Gasteiger partial charge in [-0.3, -0.25) is 4.98 Å². The third-order valence-corrected chi connectivity index (χ3v) is 2.84. The van der Waals surface area contributed by atoms with Gasteiger partial charge in [-0.2, -0.15) is 0 Å². The molecule has 1 unspecified atom stereocenters. The van der Waals surface area contributed by atoms with Gasteiger partial charge in [0, 0.05) is 24.0 Å². The van der Waals surface area contributed by atoms with E-state index < -0.39 is 17.7 Å². The summed E-state index contributed by atoms with van der Waals surface area (Å²) in [5, 5.41) is 3.11. The first kappa shape index (κ1) is 14.3. The Balaban J connectivity index is 2.50. The van der Waals surface area contributed by atoms with Crippen molar-refractivity contribution >= 4 is 0 Å². The molecule has 2 aromatic rings. The summed E-state index contributed by atoms with van der Waals surface area (Å²) < 4.78 is 32.2. The molecule has 0 amide bonds. The Morgan fingerprint density at radius 3 is 2.65 bits per heavy atom. The number of nitrogens with zero attached hydrogens (tertiary/aromatic N) is 2. The van der Waals surface area contributed by atoms with E-state index >= 15 is 0 Å². The van der Waals surface area contributed by atoms with E-state index in [-0.39, 0.29) is 0 Å². The van der Waals surface area contributed by atoms with Crippen molar-refractivity contribution in [3.05, 3.63) is 53.5 Å². The van der Waals surface area contributed by atoms with E-state index in [4.69, 9.17) is 4.74 Å². The van der Waals surface area contributed by atoms with Crippen molar-refractivity contribution in [2.75, 3.05) is 13.7 Å². The molecule has 106 valence electrons. The lowest BCUT2D eigenvalue weighted by molar-refractivity contribution is 0.382. The predicted octanol–water partition coefficient (Wildman–Crippen LogP) is 2.46. The number of rotatable bonds is 5. The topological polar surface area (TPSA) is 47.0 Å². The minimum absolute atomic E-state index is 0.298. The maximum absolute atomic E-state index is 14.0. The number of ether oxygens (including phenoxy) is 1. The van der Waals surface area contributed by atoms with Crippen molar-refractivity contribution in [2.24, 2.45) is 0 Å². The fourth-order valence-corrected chi connectivity index (χ4v) is 1.98. The lowest BCUT2D eigenvalue weighted by Crippen LogP contribution is -2.24. The van der Waals surface area contributed by atoms with Crippen LogP contribution in [0.4, 0.5) is 8.78 Å². The molecule has 2 rings (SSSR count). The minimum atomic E-state index is -0.636. The average molecular weight is 279 g/mol. The van der Waals surface area contributed by atoms with Gasteiger partial charge in [0.2, 0.25) is 5.88 Å². The van der Waals surface area contributed by atoms with E-state index in [1.54, 1.807) is 0 Å². The van der Waals surface area contributed by atoms with Crippen molar-refractivity contribution in [2.45, 2.75) is 13.0 Å². The van der Waals surface area contributed by atoms with Gasteiger partial charge < -0.3 is 10.1 Å². The number of halogens is 2. The molecule has 0 spiro atoms. The van der Waals surface area contributed by atoms with Crippen molar-refractivity contribution < 1.29 is 13.5 Å². The molecule has 1 heterocycles. The molecular weight excluding hydrogens is 264 g/mol. The molecule has 1 aromatic carbocycles. The van der Waals surface area contributed by atoms with Crippen LogP contribution in [0.5, 0.6) is 5.88 Å². The van der Waals surface area contributed by atoms with Gasteiger partial charge in [0.15, 0.2) is 0 Å². The smallest absolute Gasteiger partial charge is 0.237 e. The highest BCUT2D eigenvalue weighted by molar-refractivity contribution is 5.33. The number of methoxy groups -OCH3 is 1. The van der Waals surface area contributed by atoms with Gasteiger partial charge in [-0.05, 0) is 12.6 Å². The molecule has 0 aliphatic heterocycles. The van der Waals surface area contributed by atoms with Gasteiger partial charge in [0.25, 0.3) is 0 Å². The van der Waals surface area contributed by atoms with E-state index in [2.05, 4.69) is 15.3 Å². The highest BCUT2D eigenvalue weighted by Crippen LogP contribution is 2.28. The SMILES string of the molecule is CCNC(c1ccc(F)cc1F)c1nccnc1OC. The van der Waals surface area contributed by atoms with E-state index in [1.807, 2.05) is 6.92 Å². The Labute approximate surface area is 115 Å². The quantitative estimate of drug-likeness (QED) is 0.913. The van der Waals surface area contributed by atoms with Crippen LogP contribution in [0.2, 0.25) is 0 Å². The van der Waals surface area contributed by atoms with Crippen LogP contribution >= 0.6 is 0 Å². The Bertz CT molecular complexity index is 592. The number of hydrogen-bond acceptors (Lipinski definition) is 4. The van der Waals surface area contributed by atoms with Crippen molar-refractivity contribution in [3.63, 3.8) is 0 Å². The normalized spacial score (nSPS) is 12.2. The van der Waals surface area contributed by atoms with E-state index in [0.717, 1.165) is 6.07 Å². The third-order valence-electron chi connectivity index (χ3n) is 2.84. The van der Waals surface area contributed by atoms with Gasteiger partial charge in [0.1, 0.15) is 17.3 Å². The monoisotopic (exact) mass is 279 g/mol. The standard InChI is InChI=1S/C14H15F2N3O/c1-3-17-12(10-5-4-9(15)8-11(10)16)13-14(20-2)19-7-6-18-13/h4-8,12,17H,3H2,1-2H3. The molecule has 0 aliphatic rings. The zero-order valence-electron chi connectivity index (χ0n) is 11.2. The molecule has 0 saturated carbocycles. The van der Waals surface area contributed by atoms with E-state index in [0.29, 0.717) is 23.7 Å². The van der Waals surface area contributed by atoms with Crippen LogP contribution < -0.4 is 10.1 Å². The summed E-state index contributed by atoms with van der Waals surface area (Å²) in [5.41, 5.74) is 0.759. The van der Waals surface area contributed by atoms with Crippen molar-refractivity contribution in [1.82, 2.24) is 15.3 Å². The Morgan fingerprint density at radius 2 is 2.00 bits per heavy atom. The summed E-state index contributed by atoms with van der Waals surface area (Å²) in [7, 11) is 1.47. The molecular formula is C14H15F2N3O. The lowest BCUT2D eigenvalue weighted by Gasteiger charge is -2.19. The zero-order valence-corrected chi connectivity index (χ0v) is 11.2. The molecule has 0 fully saturated rings. The maximum Gasteiger partial charge on any atom is 0.237 e. The summed E-state index contributed by atoms with van der Waals surface area (Å²) in [6.07, 6.45) is 3.00. The van der Waals surface area contributed by atoms with Crippen LogP contribution in [0, 0.1) is 11.6 Å². The summed E-state index contributed by atoms with van der Waals surface area (Å²) in [4.78, 5) is 8.25. The van der Waals surface area contributed by atoms with E-state index in [1.165, 1.54) is 31.6 Å². The Kier molecular flexibility index (Phi) is 4.57. The highest BCUT2D eigenvalue weighted by Gasteiger charge is 2.22. The lowest BCUT2D eigenvalue weighted by atomic mass is 10.0. The van der Waals surface area contributed by atoms with Gasteiger partial charge in [-0.1, -0.05) is 13.0 Å². The van der Waals surface area contributed by atoms with Gasteiger partial charge in [-0.15, -0.1) is 0 Å². The molecule has 0 aliphatic carbocycles. The first-order valence-electron chi connectivity index (χ1n) is 6.20. The largest absolute Gasteiger partial charge is 0.480 e. The fraction of sp³-hybridized carbons (Fsp3) is 0.286. The van der Waals surface area contributed by atoms with Crippen LogP contribution in [-0.2, 0) is 0 Å². The Hall–Kier alpha value is -2.08. The number of hydrogen-bond donors (Lipinski definition) is 1. The number of nitrogens with one attached hydrogen (secondary N) is 1. The molecule has 1 N–H and O–H groups in total. The second kappa shape index (κ2) is 6.38. The summed E-state index contributed by atoms with van der Waals surface area (Å²) in [5.74, 6) is -0.946. The maximum atomic E-state index is 14.0. The number of aromatic nitrogens is 2. The summed E-state index contributed by atoms with van der Waals surface area (Å²) in [6, 6.07) is 2.91. The molecule has 0 saturated heterocycles. The zero-order chi connectivity index (χ0) is 14.5. The van der Waals surface area contributed by atoms with Crippen LogP contribution in [-0.4, -0.2) is 23.6 Å². The predicted molar refractivity (Wildman–Crippen MR) is 70.5 cm³/mol. The fourth-order valence-electron chi connectivity index (χ4n) is 1.98. The first-order valence-corrected chi connectivity index (χ1v) is 6.20. The van der Waals surface area contributed by atoms with Gasteiger partial charge in [-0.25, -0.2) is 13.8 Å². The third kappa shape index (κ3) is 2.91. The summed E-state index contributed by atoms with van der Waals surface area (Å²) in [6.45, 7) is 2.47. The van der Waals surface area contributed by atoms with Gasteiger partial charge in [0.05, 0.1) is 13.2 Å². The molecule has 1 atom stereocenters.